The van der Waals surface area contributed by atoms with E-state index >= 15 is 0 Å². The molecule has 2 aliphatic rings. The lowest BCUT2D eigenvalue weighted by molar-refractivity contribution is -0.126. The van der Waals surface area contributed by atoms with E-state index in [1.54, 1.807) is 12.1 Å². The van der Waals surface area contributed by atoms with E-state index in [0.717, 1.165) is 6.54 Å². The fourth-order valence-corrected chi connectivity index (χ4v) is 4.28. The number of nitrogens with zero attached hydrogens (tertiary/aromatic N) is 2. The Labute approximate surface area is 167 Å². The molecule has 1 aliphatic carbocycles. The first-order valence-corrected chi connectivity index (χ1v) is 10.5. The fourth-order valence-electron chi connectivity index (χ4n) is 4.28. The standard InChI is InChI=1S/C22H32FN3O2/c1-16(22(28)24-15-18-6-4-3-5-7-18)25-10-12-26(13-11-25)21-9-8-19(17(2)27)14-20(21)23/h8-9,14,16,18H,3-7,10-13,15H2,1-2H3,(H,24,28). The summed E-state index contributed by atoms with van der Waals surface area (Å²) in [5.41, 5.74) is 0.919. The van der Waals surface area contributed by atoms with Crippen molar-refractivity contribution in [3.63, 3.8) is 0 Å². The first-order valence-electron chi connectivity index (χ1n) is 10.5. The van der Waals surface area contributed by atoms with Crippen LogP contribution < -0.4 is 10.2 Å². The maximum absolute atomic E-state index is 14.4. The summed E-state index contributed by atoms with van der Waals surface area (Å²) in [7, 11) is 0. The van der Waals surface area contributed by atoms with Crippen LogP contribution in [0.25, 0.3) is 0 Å². The van der Waals surface area contributed by atoms with Crippen LogP contribution >= 0.6 is 0 Å². The third kappa shape index (κ3) is 5.10. The lowest BCUT2D eigenvalue weighted by Crippen LogP contribution is -2.54. The van der Waals surface area contributed by atoms with Gasteiger partial charge in [0.1, 0.15) is 5.82 Å². The predicted octanol–water partition coefficient (Wildman–Crippen LogP) is 3.24. The highest BCUT2D eigenvalue weighted by atomic mass is 19.1. The number of rotatable bonds is 6. The number of carbonyl (C=O) groups is 2. The zero-order valence-corrected chi connectivity index (χ0v) is 17.0. The molecule has 5 nitrogen and oxygen atoms in total. The highest BCUT2D eigenvalue weighted by Crippen LogP contribution is 2.24. The van der Waals surface area contributed by atoms with Crippen LogP contribution in [0, 0.1) is 11.7 Å². The number of halogens is 1. The van der Waals surface area contributed by atoms with Crippen molar-refractivity contribution >= 4 is 17.4 Å². The number of carbonyl (C=O) groups excluding carboxylic acids is 2. The van der Waals surface area contributed by atoms with Gasteiger partial charge in [-0.2, -0.15) is 0 Å². The third-order valence-electron chi connectivity index (χ3n) is 6.23. The van der Waals surface area contributed by atoms with Crippen molar-refractivity contribution in [2.45, 2.75) is 52.0 Å². The summed E-state index contributed by atoms with van der Waals surface area (Å²) in [6.45, 7) is 6.93. The van der Waals surface area contributed by atoms with Crippen LogP contribution in [0.15, 0.2) is 18.2 Å². The molecular weight excluding hydrogens is 357 g/mol. The Kier molecular flexibility index (Phi) is 7.05. The van der Waals surface area contributed by atoms with Crippen molar-refractivity contribution in [3.05, 3.63) is 29.6 Å². The van der Waals surface area contributed by atoms with Crippen molar-refractivity contribution in [2.75, 3.05) is 37.6 Å². The van der Waals surface area contributed by atoms with Crippen molar-refractivity contribution in [1.29, 1.82) is 0 Å². The quantitative estimate of drug-likeness (QED) is 0.759. The molecule has 1 atom stereocenters. The van der Waals surface area contributed by atoms with E-state index in [1.807, 2.05) is 11.8 Å². The van der Waals surface area contributed by atoms with E-state index in [2.05, 4.69) is 10.2 Å². The molecule has 28 heavy (non-hydrogen) atoms. The van der Waals surface area contributed by atoms with E-state index in [4.69, 9.17) is 0 Å². The number of benzene rings is 1. The number of hydrogen-bond acceptors (Lipinski definition) is 4. The van der Waals surface area contributed by atoms with Gasteiger partial charge in [0.25, 0.3) is 0 Å². The molecule has 0 radical (unpaired) electrons. The minimum Gasteiger partial charge on any atom is -0.367 e. The summed E-state index contributed by atoms with van der Waals surface area (Å²) < 4.78 is 14.4. The molecule has 1 aromatic rings. The van der Waals surface area contributed by atoms with Gasteiger partial charge in [-0.1, -0.05) is 19.3 Å². The smallest absolute Gasteiger partial charge is 0.237 e. The second-order valence-electron chi connectivity index (χ2n) is 8.17. The molecular formula is C22H32FN3O2. The second-order valence-corrected chi connectivity index (χ2v) is 8.17. The number of ketones is 1. The Morgan fingerprint density at radius 2 is 1.82 bits per heavy atom. The number of piperazine rings is 1. The zero-order valence-electron chi connectivity index (χ0n) is 17.0. The molecule has 1 aromatic carbocycles. The Morgan fingerprint density at radius 3 is 2.43 bits per heavy atom. The molecule has 2 fully saturated rings. The average Bonchev–Trinajstić information content (AvgIpc) is 2.72. The second kappa shape index (κ2) is 9.50. The lowest BCUT2D eigenvalue weighted by atomic mass is 9.89. The summed E-state index contributed by atoms with van der Waals surface area (Å²) in [6, 6.07) is 4.50. The fraction of sp³-hybridized carbons (Fsp3) is 0.636. The van der Waals surface area contributed by atoms with Gasteiger partial charge >= 0.3 is 0 Å². The summed E-state index contributed by atoms with van der Waals surface area (Å²) in [5.74, 6) is 0.224. The molecule has 1 unspecified atom stereocenters. The van der Waals surface area contributed by atoms with Crippen LogP contribution in [0.2, 0.25) is 0 Å². The van der Waals surface area contributed by atoms with E-state index in [-0.39, 0.29) is 23.5 Å². The summed E-state index contributed by atoms with van der Waals surface area (Å²) in [5, 5.41) is 3.13. The molecule has 0 aromatic heterocycles. The molecule has 154 valence electrons. The first-order chi connectivity index (χ1) is 13.5. The Balaban J connectivity index is 1.48. The van der Waals surface area contributed by atoms with Gasteiger partial charge in [0.2, 0.25) is 5.91 Å². The Morgan fingerprint density at radius 1 is 1.14 bits per heavy atom. The van der Waals surface area contributed by atoms with Crippen LogP contribution in [0.1, 0.15) is 56.3 Å². The molecule has 1 saturated carbocycles. The first kappa shape index (κ1) is 20.8. The monoisotopic (exact) mass is 389 g/mol. The summed E-state index contributed by atoms with van der Waals surface area (Å²) in [4.78, 5) is 28.1. The van der Waals surface area contributed by atoms with Crippen molar-refractivity contribution < 1.29 is 14.0 Å². The van der Waals surface area contributed by atoms with Crippen LogP contribution in [-0.2, 0) is 4.79 Å². The van der Waals surface area contributed by atoms with Crippen LogP contribution in [-0.4, -0.2) is 55.4 Å². The number of nitrogens with one attached hydrogen (secondary N) is 1. The van der Waals surface area contributed by atoms with Crippen LogP contribution in [0.5, 0.6) is 0 Å². The van der Waals surface area contributed by atoms with Gasteiger partial charge in [0, 0.05) is 38.3 Å². The largest absolute Gasteiger partial charge is 0.367 e. The highest BCUT2D eigenvalue weighted by Gasteiger charge is 2.27. The third-order valence-corrected chi connectivity index (χ3v) is 6.23. The number of amides is 1. The molecule has 3 rings (SSSR count). The predicted molar refractivity (Wildman–Crippen MR) is 109 cm³/mol. The van der Waals surface area contributed by atoms with Crippen molar-refractivity contribution in [1.82, 2.24) is 10.2 Å². The molecule has 1 N–H and O–H groups in total. The molecule has 1 aliphatic heterocycles. The number of hydrogen-bond donors (Lipinski definition) is 1. The van der Waals surface area contributed by atoms with Crippen molar-refractivity contribution in [2.24, 2.45) is 5.92 Å². The lowest BCUT2D eigenvalue weighted by Gasteiger charge is -2.38. The van der Waals surface area contributed by atoms with Gasteiger partial charge in [-0.05, 0) is 50.8 Å². The maximum Gasteiger partial charge on any atom is 0.237 e. The average molecular weight is 390 g/mol. The molecule has 1 heterocycles. The zero-order chi connectivity index (χ0) is 20.1. The highest BCUT2D eigenvalue weighted by molar-refractivity contribution is 5.94. The summed E-state index contributed by atoms with van der Waals surface area (Å²) >= 11 is 0. The van der Waals surface area contributed by atoms with E-state index in [9.17, 15) is 14.0 Å². The Hall–Kier alpha value is -1.95. The normalized spacial score (nSPS) is 20.0. The molecule has 0 bridgehead atoms. The van der Waals surface area contributed by atoms with E-state index in [1.165, 1.54) is 45.1 Å². The van der Waals surface area contributed by atoms with Crippen LogP contribution in [0.4, 0.5) is 10.1 Å². The minimum absolute atomic E-state index is 0.0935. The summed E-state index contributed by atoms with van der Waals surface area (Å²) in [6.07, 6.45) is 6.33. The topological polar surface area (TPSA) is 52.7 Å². The number of anilines is 1. The minimum atomic E-state index is -0.362. The van der Waals surface area contributed by atoms with Crippen molar-refractivity contribution in [3.8, 4) is 0 Å². The van der Waals surface area contributed by atoms with E-state index in [0.29, 0.717) is 43.3 Å². The van der Waals surface area contributed by atoms with Gasteiger partial charge in [0.05, 0.1) is 11.7 Å². The van der Waals surface area contributed by atoms with Gasteiger partial charge in [-0.15, -0.1) is 0 Å². The van der Waals surface area contributed by atoms with Crippen LogP contribution in [0.3, 0.4) is 0 Å². The SMILES string of the molecule is CC(=O)c1ccc(N2CCN(C(C)C(=O)NCC3CCCCC3)CC2)c(F)c1. The molecule has 0 spiro atoms. The van der Waals surface area contributed by atoms with Gasteiger partial charge in [-0.3, -0.25) is 14.5 Å². The van der Waals surface area contributed by atoms with E-state index < -0.39 is 0 Å². The number of Topliss-reactive ketones (excluding diaryl/α,β-unsaturated/α-hetero) is 1. The molecule has 6 heteroatoms. The Bertz CT molecular complexity index is 695. The van der Waals surface area contributed by atoms with Gasteiger partial charge < -0.3 is 10.2 Å². The molecule has 1 amide bonds. The van der Waals surface area contributed by atoms with Gasteiger partial charge in [-0.25, -0.2) is 4.39 Å². The maximum atomic E-state index is 14.4. The molecule has 1 saturated heterocycles. The van der Waals surface area contributed by atoms with Gasteiger partial charge in [0.15, 0.2) is 5.78 Å².